The predicted octanol–water partition coefficient (Wildman–Crippen LogP) is 3.92. The van der Waals surface area contributed by atoms with Gasteiger partial charge in [0.2, 0.25) is 0 Å². The molecule has 0 radical (unpaired) electrons. The average molecular weight is 276 g/mol. The molecule has 0 saturated carbocycles. The molecule has 0 aromatic carbocycles. The van der Waals surface area contributed by atoms with E-state index in [4.69, 9.17) is 0 Å². The van der Waals surface area contributed by atoms with Crippen LogP contribution in [0.15, 0.2) is 0 Å². The summed E-state index contributed by atoms with van der Waals surface area (Å²) in [6, 6.07) is 0. The van der Waals surface area contributed by atoms with Crippen molar-refractivity contribution in [2.24, 2.45) is 0 Å². The Morgan fingerprint density at radius 1 is 0.562 bits per heavy atom. The van der Waals surface area contributed by atoms with Crippen LogP contribution < -0.4 is 0 Å². The summed E-state index contributed by atoms with van der Waals surface area (Å²) >= 11 is 0. The van der Waals surface area contributed by atoms with Crippen LogP contribution in [0.2, 0.25) is 58.9 Å². The largest absolute Gasteiger partial charge is 0.312 e. The number of rotatable bonds is 4. The molecule has 0 heterocycles. The van der Waals surface area contributed by atoms with Gasteiger partial charge in [-0.2, -0.15) is 0 Å². The standard InChI is InChI=1S/C12H33NSi3/c1-13(2)12(14(3,4)5,15(6,7)8)16(9,10)11/h1-11H3. The summed E-state index contributed by atoms with van der Waals surface area (Å²) < 4.78 is 0.563. The van der Waals surface area contributed by atoms with Gasteiger partial charge < -0.3 is 4.90 Å². The van der Waals surface area contributed by atoms with Crippen molar-refractivity contribution in [2.45, 2.75) is 63.3 Å². The topological polar surface area (TPSA) is 3.24 Å². The quantitative estimate of drug-likeness (QED) is 0.703. The van der Waals surface area contributed by atoms with Crippen molar-refractivity contribution in [1.82, 2.24) is 4.90 Å². The third kappa shape index (κ3) is 2.40. The highest BCUT2D eigenvalue weighted by Crippen LogP contribution is 2.42. The van der Waals surface area contributed by atoms with E-state index in [2.05, 4.69) is 77.9 Å². The molecule has 0 bridgehead atoms. The molecule has 1 nitrogen and oxygen atoms in total. The lowest BCUT2D eigenvalue weighted by molar-refractivity contribution is 0.380. The van der Waals surface area contributed by atoms with E-state index in [0.29, 0.717) is 4.41 Å². The lowest BCUT2D eigenvalue weighted by Gasteiger charge is -2.62. The van der Waals surface area contributed by atoms with Crippen molar-refractivity contribution in [3.05, 3.63) is 0 Å². The zero-order valence-corrected chi connectivity index (χ0v) is 16.4. The van der Waals surface area contributed by atoms with Crippen LogP contribution in [0.25, 0.3) is 0 Å². The lowest BCUT2D eigenvalue weighted by atomic mass is 11.0. The van der Waals surface area contributed by atoms with Crippen molar-refractivity contribution >= 4 is 24.2 Å². The smallest absolute Gasteiger partial charge is 0.0606 e. The molecule has 0 aliphatic rings. The van der Waals surface area contributed by atoms with E-state index in [1.54, 1.807) is 0 Å². The van der Waals surface area contributed by atoms with E-state index in [-0.39, 0.29) is 0 Å². The third-order valence-electron chi connectivity index (χ3n) is 3.93. The molecule has 98 valence electrons. The zero-order valence-electron chi connectivity index (χ0n) is 13.4. The van der Waals surface area contributed by atoms with E-state index < -0.39 is 24.2 Å². The van der Waals surface area contributed by atoms with Gasteiger partial charge in [-0.3, -0.25) is 0 Å². The Morgan fingerprint density at radius 2 is 0.750 bits per heavy atom. The van der Waals surface area contributed by atoms with E-state index >= 15 is 0 Å². The van der Waals surface area contributed by atoms with Crippen molar-refractivity contribution in [3.63, 3.8) is 0 Å². The van der Waals surface area contributed by atoms with Crippen LogP contribution in [0, 0.1) is 0 Å². The van der Waals surface area contributed by atoms with Crippen LogP contribution in [0.5, 0.6) is 0 Å². The molecule has 0 aliphatic carbocycles. The van der Waals surface area contributed by atoms with Crippen LogP contribution >= 0.6 is 0 Å². The SMILES string of the molecule is CN(C)C([Si](C)(C)C)([Si](C)(C)C)[Si](C)(C)C. The first-order valence-electron chi connectivity index (χ1n) is 6.37. The summed E-state index contributed by atoms with van der Waals surface area (Å²) in [5.41, 5.74) is 0. The Bertz CT molecular complexity index is 204. The highest BCUT2D eigenvalue weighted by molar-refractivity contribution is 7.15. The second-order valence-corrected chi connectivity index (χ2v) is 25.5. The van der Waals surface area contributed by atoms with Crippen LogP contribution in [-0.4, -0.2) is 47.6 Å². The van der Waals surface area contributed by atoms with Gasteiger partial charge >= 0.3 is 0 Å². The summed E-state index contributed by atoms with van der Waals surface area (Å²) in [6.07, 6.45) is 0. The van der Waals surface area contributed by atoms with Crippen LogP contribution in [0.4, 0.5) is 0 Å². The zero-order chi connectivity index (χ0) is 13.6. The van der Waals surface area contributed by atoms with E-state index in [9.17, 15) is 0 Å². The number of hydrogen-bond donors (Lipinski definition) is 0. The Hall–Kier alpha value is 0.611. The van der Waals surface area contributed by atoms with Gasteiger partial charge in [0.05, 0.1) is 24.2 Å². The molecule has 0 aromatic rings. The Kier molecular flexibility index (Phi) is 4.54. The normalized spacial score (nSPS) is 15.8. The Morgan fingerprint density at radius 3 is 0.750 bits per heavy atom. The molecular weight excluding hydrogens is 242 g/mol. The molecule has 0 spiro atoms. The maximum Gasteiger partial charge on any atom is 0.0606 e. The fourth-order valence-electron chi connectivity index (χ4n) is 5.39. The highest BCUT2D eigenvalue weighted by Gasteiger charge is 2.60. The molecule has 4 heteroatoms. The van der Waals surface area contributed by atoms with Crippen LogP contribution in [0.3, 0.4) is 0 Å². The van der Waals surface area contributed by atoms with Gasteiger partial charge in [-0.25, -0.2) is 0 Å². The van der Waals surface area contributed by atoms with Gasteiger partial charge in [0, 0.05) is 4.41 Å². The summed E-state index contributed by atoms with van der Waals surface area (Å²) in [6.45, 7) is 23.2. The maximum absolute atomic E-state index is 2.62. The molecule has 0 fully saturated rings. The summed E-state index contributed by atoms with van der Waals surface area (Å²) in [7, 11) is 0.992. The summed E-state index contributed by atoms with van der Waals surface area (Å²) in [5, 5.41) is 0. The average Bonchev–Trinajstić information content (AvgIpc) is 1.71. The number of hydrogen-bond acceptors (Lipinski definition) is 1. The monoisotopic (exact) mass is 275 g/mol. The summed E-state index contributed by atoms with van der Waals surface area (Å²) in [5.74, 6) is 0. The van der Waals surface area contributed by atoms with Crippen molar-refractivity contribution in [1.29, 1.82) is 0 Å². The van der Waals surface area contributed by atoms with Crippen molar-refractivity contribution < 1.29 is 0 Å². The fourth-order valence-corrected chi connectivity index (χ4v) is 36.4. The minimum absolute atomic E-state index is 0.563. The molecule has 16 heavy (non-hydrogen) atoms. The Labute approximate surface area is 107 Å². The van der Waals surface area contributed by atoms with Gasteiger partial charge in [-0.05, 0) is 14.1 Å². The first-order chi connectivity index (χ1) is 6.69. The molecule has 0 aromatic heterocycles. The molecule has 0 rings (SSSR count). The van der Waals surface area contributed by atoms with Gasteiger partial charge in [0.15, 0.2) is 0 Å². The molecule has 0 atom stereocenters. The minimum atomic E-state index is -1.22. The number of nitrogens with zero attached hydrogens (tertiary/aromatic N) is 1. The second-order valence-electron chi connectivity index (χ2n) is 8.35. The van der Waals surface area contributed by atoms with E-state index in [1.807, 2.05) is 0 Å². The van der Waals surface area contributed by atoms with Crippen LogP contribution in [0.1, 0.15) is 0 Å². The Balaban J connectivity index is 6.05. The second kappa shape index (κ2) is 4.37. The molecule has 0 saturated heterocycles. The van der Waals surface area contributed by atoms with Crippen molar-refractivity contribution in [3.8, 4) is 0 Å². The molecular formula is C12H33NSi3. The fraction of sp³-hybridized carbons (Fsp3) is 1.00. The third-order valence-corrected chi connectivity index (χ3v) is 25.3. The maximum atomic E-state index is 2.62. The van der Waals surface area contributed by atoms with Crippen LogP contribution in [-0.2, 0) is 0 Å². The molecule has 0 unspecified atom stereocenters. The van der Waals surface area contributed by atoms with Crippen molar-refractivity contribution in [2.75, 3.05) is 14.1 Å². The summed E-state index contributed by atoms with van der Waals surface area (Å²) in [4.78, 5) is 2.62. The minimum Gasteiger partial charge on any atom is -0.312 e. The first-order valence-corrected chi connectivity index (χ1v) is 16.9. The highest BCUT2D eigenvalue weighted by atomic mass is 28.5. The van der Waals surface area contributed by atoms with Gasteiger partial charge in [-0.1, -0.05) is 58.9 Å². The molecule has 0 N–H and O–H groups in total. The van der Waals surface area contributed by atoms with Gasteiger partial charge in [-0.15, -0.1) is 0 Å². The van der Waals surface area contributed by atoms with E-state index in [1.165, 1.54) is 0 Å². The van der Waals surface area contributed by atoms with Gasteiger partial charge in [0.1, 0.15) is 0 Å². The van der Waals surface area contributed by atoms with E-state index in [0.717, 1.165) is 0 Å². The lowest BCUT2D eigenvalue weighted by Crippen LogP contribution is -2.83. The molecule has 0 amide bonds. The predicted molar refractivity (Wildman–Crippen MR) is 86.5 cm³/mol. The molecule has 0 aliphatic heterocycles. The first kappa shape index (κ1) is 16.6. The van der Waals surface area contributed by atoms with Gasteiger partial charge in [0.25, 0.3) is 0 Å².